The van der Waals surface area contributed by atoms with Gasteiger partial charge in [0.05, 0.1) is 16.1 Å². The first-order valence-corrected chi connectivity index (χ1v) is 16.7. The summed E-state index contributed by atoms with van der Waals surface area (Å²) in [6, 6.07) is 35.1. The Morgan fingerprint density at radius 3 is 2.00 bits per heavy atom. The highest BCUT2D eigenvalue weighted by atomic mass is 35.5. The Kier molecular flexibility index (Phi) is 7.64. The Balaban J connectivity index is 1.47. The molecule has 0 saturated carbocycles. The molecular weight excluding hydrogens is 622 g/mol. The summed E-state index contributed by atoms with van der Waals surface area (Å²) in [4.78, 5) is 0.199. The lowest BCUT2D eigenvalue weighted by molar-refractivity contribution is 0.559. The summed E-state index contributed by atoms with van der Waals surface area (Å²) in [5.74, 6) is -0.733. The standard InChI is InChI=1S/C38H29ClF2N2O2S/c1-25-7-18-32(19-8-25)46(44,45)42-22-21-33-34-23-29(39)13-20-36(34)43-37(33)35(26-5-3-2-4-6-26)24-38(43,27-9-14-30(40)15-10-27)28-11-16-31(41)17-12-28/h2-20,23-24,42H,21-22H2,1H3. The molecule has 5 aromatic carbocycles. The summed E-state index contributed by atoms with van der Waals surface area (Å²) in [6.07, 6.45) is 2.50. The molecule has 0 unspecified atom stereocenters. The summed E-state index contributed by atoms with van der Waals surface area (Å²) in [6.45, 7) is 2.04. The van der Waals surface area contributed by atoms with Gasteiger partial charge < -0.3 is 4.57 Å². The second-order valence-electron chi connectivity index (χ2n) is 11.5. The fourth-order valence-electron chi connectivity index (χ4n) is 6.52. The van der Waals surface area contributed by atoms with Crippen LogP contribution in [0.1, 0.15) is 33.5 Å². The second kappa shape index (κ2) is 11.7. The smallest absolute Gasteiger partial charge is 0.240 e. The van der Waals surface area contributed by atoms with Crippen LogP contribution >= 0.6 is 11.6 Å². The SMILES string of the molecule is Cc1ccc(S(=O)(=O)NCCc2c3n(c4ccc(Cl)cc24)C(c2ccc(F)cc2)(c2ccc(F)cc2)C=C3c2ccccc2)cc1. The first kappa shape index (κ1) is 30.1. The van der Waals surface area contributed by atoms with Gasteiger partial charge in [-0.3, -0.25) is 0 Å². The number of nitrogens with one attached hydrogen (secondary N) is 1. The summed E-state index contributed by atoms with van der Waals surface area (Å²) >= 11 is 6.59. The third kappa shape index (κ3) is 5.14. The lowest BCUT2D eigenvalue weighted by Crippen LogP contribution is -2.32. The third-order valence-corrected chi connectivity index (χ3v) is 10.4. The van der Waals surface area contributed by atoms with Crippen LogP contribution in [0, 0.1) is 18.6 Å². The van der Waals surface area contributed by atoms with E-state index in [1.54, 1.807) is 48.5 Å². The van der Waals surface area contributed by atoms with Crippen molar-refractivity contribution in [3.05, 3.63) is 178 Å². The van der Waals surface area contributed by atoms with Gasteiger partial charge in [-0.2, -0.15) is 0 Å². The molecule has 0 amide bonds. The number of allylic oxidation sites excluding steroid dienone is 1. The highest BCUT2D eigenvalue weighted by Crippen LogP contribution is 2.51. The minimum Gasteiger partial charge on any atom is -0.322 e. The van der Waals surface area contributed by atoms with Crippen LogP contribution in [-0.4, -0.2) is 19.5 Å². The number of fused-ring (bicyclic) bond motifs is 3. The van der Waals surface area contributed by atoms with Gasteiger partial charge in [0.1, 0.15) is 17.2 Å². The lowest BCUT2D eigenvalue weighted by Gasteiger charge is -2.33. The average molecular weight is 651 g/mol. The van der Waals surface area contributed by atoms with E-state index in [1.807, 2.05) is 55.5 Å². The zero-order chi connectivity index (χ0) is 32.1. The van der Waals surface area contributed by atoms with Crippen molar-refractivity contribution in [2.24, 2.45) is 0 Å². The van der Waals surface area contributed by atoms with E-state index in [1.165, 1.54) is 24.3 Å². The van der Waals surface area contributed by atoms with E-state index in [0.29, 0.717) is 11.4 Å². The zero-order valence-electron chi connectivity index (χ0n) is 24.8. The van der Waals surface area contributed by atoms with Crippen LogP contribution in [0.25, 0.3) is 16.5 Å². The van der Waals surface area contributed by atoms with Crippen LogP contribution in [0.4, 0.5) is 8.78 Å². The summed E-state index contributed by atoms with van der Waals surface area (Å²) in [7, 11) is -3.76. The van der Waals surface area contributed by atoms with Gasteiger partial charge in [0.15, 0.2) is 0 Å². The fourth-order valence-corrected chi connectivity index (χ4v) is 7.72. The van der Waals surface area contributed by atoms with E-state index in [0.717, 1.165) is 50.0 Å². The molecule has 0 fully saturated rings. The molecule has 0 radical (unpaired) electrons. The predicted octanol–water partition coefficient (Wildman–Crippen LogP) is 8.64. The van der Waals surface area contributed by atoms with Gasteiger partial charge in [0.2, 0.25) is 10.0 Å². The first-order valence-electron chi connectivity index (χ1n) is 14.9. The molecule has 4 nitrogen and oxygen atoms in total. The van der Waals surface area contributed by atoms with Gasteiger partial charge in [-0.15, -0.1) is 0 Å². The molecule has 1 aliphatic heterocycles. The summed E-state index contributed by atoms with van der Waals surface area (Å²) < 4.78 is 60.1. The van der Waals surface area contributed by atoms with Crippen LogP contribution < -0.4 is 4.72 Å². The number of aryl methyl sites for hydroxylation is 1. The Bertz CT molecular complexity index is 2170. The molecule has 7 rings (SSSR count). The molecule has 0 bridgehead atoms. The second-order valence-corrected chi connectivity index (χ2v) is 13.7. The van der Waals surface area contributed by atoms with Crippen LogP contribution in [0.3, 0.4) is 0 Å². The normalized spacial score (nSPS) is 14.0. The number of halogens is 3. The molecule has 6 aromatic rings. The number of hydrogen-bond donors (Lipinski definition) is 1. The monoisotopic (exact) mass is 650 g/mol. The molecular formula is C38H29ClF2N2O2S. The Labute approximate surface area is 271 Å². The molecule has 0 aliphatic carbocycles. The fraction of sp³-hybridized carbons (Fsp3) is 0.105. The number of rotatable bonds is 8. The molecule has 230 valence electrons. The Morgan fingerprint density at radius 1 is 0.783 bits per heavy atom. The van der Waals surface area contributed by atoms with Gasteiger partial charge >= 0.3 is 0 Å². The van der Waals surface area contributed by atoms with Crippen molar-refractivity contribution in [2.45, 2.75) is 23.8 Å². The number of hydrogen-bond acceptors (Lipinski definition) is 2. The van der Waals surface area contributed by atoms with E-state index in [9.17, 15) is 17.2 Å². The van der Waals surface area contributed by atoms with E-state index in [2.05, 4.69) is 15.4 Å². The van der Waals surface area contributed by atoms with E-state index < -0.39 is 15.6 Å². The molecule has 0 saturated heterocycles. The van der Waals surface area contributed by atoms with Gasteiger partial charge in [0.25, 0.3) is 0 Å². The zero-order valence-corrected chi connectivity index (χ0v) is 26.4. The van der Waals surface area contributed by atoms with E-state index in [4.69, 9.17) is 11.6 Å². The van der Waals surface area contributed by atoms with Crippen molar-refractivity contribution in [2.75, 3.05) is 6.54 Å². The minimum absolute atomic E-state index is 0.136. The van der Waals surface area contributed by atoms with Crippen molar-refractivity contribution in [1.82, 2.24) is 9.29 Å². The van der Waals surface area contributed by atoms with E-state index >= 15 is 0 Å². The molecule has 1 aromatic heterocycles. The Morgan fingerprint density at radius 2 is 1.39 bits per heavy atom. The van der Waals surface area contributed by atoms with Crippen molar-refractivity contribution in [3.63, 3.8) is 0 Å². The summed E-state index contributed by atoms with van der Waals surface area (Å²) in [5, 5.41) is 1.41. The number of benzene rings is 5. The summed E-state index contributed by atoms with van der Waals surface area (Å²) in [5.41, 5.74) is 6.05. The highest BCUT2D eigenvalue weighted by molar-refractivity contribution is 7.89. The maximum atomic E-state index is 14.3. The molecule has 1 aliphatic rings. The number of nitrogens with zero attached hydrogens (tertiary/aromatic N) is 1. The van der Waals surface area contributed by atoms with Crippen molar-refractivity contribution in [3.8, 4) is 0 Å². The van der Waals surface area contributed by atoms with Crippen LogP contribution in [0.5, 0.6) is 0 Å². The maximum absolute atomic E-state index is 14.3. The largest absolute Gasteiger partial charge is 0.322 e. The van der Waals surface area contributed by atoms with Gasteiger partial charge in [0, 0.05) is 22.5 Å². The topological polar surface area (TPSA) is 51.1 Å². The molecule has 46 heavy (non-hydrogen) atoms. The maximum Gasteiger partial charge on any atom is 0.240 e. The molecule has 1 N–H and O–H groups in total. The van der Waals surface area contributed by atoms with Crippen LogP contribution in [-0.2, 0) is 22.0 Å². The molecule has 2 heterocycles. The van der Waals surface area contributed by atoms with Crippen molar-refractivity contribution in [1.29, 1.82) is 0 Å². The number of sulfonamides is 1. The minimum atomic E-state index is -3.76. The van der Waals surface area contributed by atoms with Crippen molar-refractivity contribution < 1.29 is 17.2 Å². The van der Waals surface area contributed by atoms with Crippen molar-refractivity contribution >= 4 is 38.1 Å². The first-order chi connectivity index (χ1) is 22.2. The van der Waals surface area contributed by atoms with Gasteiger partial charge in [-0.1, -0.05) is 83.9 Å². The van der Waals surface area contributed by atoms with Crippen LogP contribution in [0.2, 0.25) is 5.02 Å². The van der Waals surface area contributed by atoms with E-state index in [-0.39, 0.29) is 23.1 Å². The molecule has 8 heteroatoms. The van der Waals surface area contributed by atoms with Gasteiger partial charge in [-0.05, 0) is 96.3 Å². The predicted molar refractivity (Wildman–Crippen MR) is 180 cm³/mol. The number of aromatic nitrogens is 1. The van der Waals surface area contributed by atoms with Crippen LogP contribution in [0.15, 0.2) is 132 Å². The average Bonchev–Trinajstić information content (AvgIpc) is 3.56. The Hall–Kier alpha value is -4.56. The third-order valence-electron chi connectivity index (χ3n) is 8.65. The lowest BCUT2D eigenvalue weighted by atomic mass is 9.81. The molecule has 0 spiro atoms. The van der Waals surface area contributed by atoms with Gasteiger partial charge in [-0.25, -0.2) is 21.9 Å². The molecule has 0 atom stereocenters. The highest BCUT2D eigenvalue weighted by Gasteiger charge is 2.44. The quantitative estimate of drug-likeness (QED) is 0.179.